The first-order valence-corrected chi connectivity index (χ1v) is 7.01. The zero-order valence-electron chi connectivity index (χ0n) is 11.3. The molecule has 2 aromatic rings. The number of carbonyl (C=O) groups excluding carboxylic acids is 1. The van der Waals surface area contributed by atoms with E-state index in [9.17, 15) is 4.79 Å². The minimum atomic E-state index is -0.270. The van der Waals surface area contributed by atoms with Crippen LogP contribution < -0.4 is 0 Å². The van der Waals surface area contributed by atoms with Crippen LogP contribution in [-0.2, 0) is 11.8 Å². The molecular formula is C15H17NO2S. The van der Waals surface area contributed by atoms with Gasteiger partial charge < -0.3 is 9.30 Å². The quantitative estimate of drug-likeness (QED) is 0.798. The average Bonchev–Trinajstić information content (AvgIpc) is 2.69. The minimum Gasteiger partial charge on any atom is -0.461 e. The van der Waals surface area contributed by atoms with Crippen molar-refractivity contribution in [1.29, 1.82) is 0 Å². The summed E-state index contributed by atoms with van der Waals surface area (Å²) in [5, 5.41) is 0. The highest BCUT2D eigenvalue weighted by Gasteiger charge is 2.16. The minimum absolute atomic E-state index is 0.270. The maximum atomic E-state index is 11.8. The molecule has 0 aliphatic rings. The van der Waals surface area contributed by atoms with Crippen molar-refractivity contribution in [3.05, 3.63) is 47.8 Å². The molecule has 3 nitrogen and oxygen atoms in total. The molecule has 0 bridgehead atoms. The molecule has 1 heterocycles. The van der Waals surface area contributed by atoms with Gasteiger partial charge in [0.1, 0.15) is 5.69 Å². The molecule has 19 heavy (non-hydrogen) atoms. The zero-order chi connectivity index (χ0) is 13.8. The van der Waals surface area contributed by atoms with Gasteiger partial charge in [0.05, 0.1) is 6.61 Å². The molecule has 0 aliphatic heterocycles. The molecule has 0 unspecified atom stereocenters. The van der Waals surface area contributed by atoms with Gasteiger partial charge in [-0.15, -0.1) is 0 Å². The third-order valence-corrected chi connectivity index (χ3v) is 4.09. The Kier molecular flexibility index (Phi) is 4.32. The summed E-state index contributed by atoms with van der Waals surface area (Å²) in [6.07, 6.45) is 0. The molecule has 100 valence electrons. The summed E-state index contributed by atoms with van der Waals surface area (Å²) in [6, 6.07) is 12.0. The van der Waals surface area contributed by atoms with Crippen molar-refractivity contribution < 1.29 is 9.53 Å². The van der Waals surface area contributed by atoms with Crippen LogP contribution in [-0.4, -0.2) is 17.1 Å². The Morgan fingerprint density at radius 1 is 1.32 bits per heavy atom. The number of ether oxygens (including phenoxy) is 1. The van der Waals surface area contributed by atoms with E-state index in [1.54, 1.807) is 11.8 Å². The van der Waals surface area contributed by atoms with Crippen LogP contribution in [0.5, 0.6) is 0 Å². The second-order valence-corrected chi connectivity index (χ2v) is 5.29. The van der Waals surface area contributed by atoms with Crippen LogP contribution in [0.15, 0.2) is 46.2 Å². The molecule has 0 radical (unpaired) electrons. The Labute approximate surface area is 117 Å². The van der Waals surface area contributed by atoms with Gasteiger partial charge in [-0.2, -0.15) is 0 Å². The second kappa shape index (κ2) is 5.97. The van der Waals surface area contributed by atoms with Crippen LogP contribution in [0.3, 0.4) is 0 Å². The van der Waals surface area contributed by atoms with E-state index >= 15 is 0 Å². The van der Waals surface area contributed by atoms with E-state index < -0.39 is 0 Å². The molecule has 1 aromatic heterocycles. The zero-order valence-corrected chi connectivity index (χ0v) is 12.2. The van der Waals surface area contributed by atoms with Crippen LogP contribution in [0.25, 0.3) is 0 Å². The Morgan fingerprint density at radius 2 is 2.00 bits per heavy atom. The summed E-state index contributed by atoms with van der Waals surface area (Å²) < 4.78 is 6.94. The molecule has 0 saturated carbocycles. The Morgan fingerprint density at radius 3 is 2.63 bits per heavy atom. The van der Waals surface area contributed by atoms with Gasteiger partial charge in [0.2, 0.25) is 0 Å². The number of benzene rings is 1. The van der Waals surface area contributed by atoms with Crippen LogP contribution in [0.2, 0.25) is 0 Å². The normalized spacial score (nSPS) is 10.5. The summed E-state index contributed by atoms with van der Waals surface area (Å²) in [6.45, 7) is 4.21. The van der Waals surface area contributed by atoms with Gasteiger partial charge in [-0.05, 0) is 32.0 Å². The van der Waals surface area contributed by atoms with Gasteiger partial charge in [0.25, 0.3) is 0 Å². The van der Waals surface area contributed by atoms with Gasteiger partial charge >= 0.3 is 5.97 Å². The number of hydrogen-bond donors (Lipinski definition) is 0. The van der Waals surface area contributed by atoms with E-state index in [-0.39, 0.29) is 5.97 Å². The van der Waals surface area contributed by atoms with Gasteiger partial charge in [-0.1, -0.05) is 30.0 Å². The summed E-state index contributed by atoms with van der Waals surface area (Å²) in [5.41, 5.74) is 1.66. The Balaban J connectivity index is 2.28. The van der Waals surface area contributed by atoms with Crippen molar-refractivity contribution in [2.24, 2.45) is 7.05 Å². The monoisotopic (exact) mass is 275 g/mol. The standard InChI is InChI=1S/C15H17NO2S/c1-4-18-15(17)13-10-14(11(2)16(13)3)19-12-8-6-5-7-9-12/h5-10H,4H2,1-3H3. The topological polar surface area (TPSA) is 31.2 Å². The van der Waals surface area contributed by atoms with Gasteiger partial charge in [-0.3, -0.25) is 0 Å². The molecule has 0 atom stereocenters. The highest BCUT2D eigenvalue weighted by molar-refractivity contribution is 7.99. The highest BCUT2D eigenvalue weighted by Crippen LogP contribution is 2.32. The number of rotatable bonds is 4. The lowest BCUT2D eigenvalue weighted by Gasteiger charge is -2.04. The molecule has 0 aliphatic carbocycles. The molecule has 0 spiro atoms. The van der Waals surface area contributed by atoms with Crippen LogP contribution in [0, 0.1) is 6.92 Å². The van der Waals surface area contributed by atoms with E-state index in [1.165, 1.54) is 0 Å². The van der Waals surface area contributed by atoms with Crippen molar-refractivity contribution in [1.82, 2.24) is 4.57 Å². The SMILES string of the molecule is CCOC(=O)c1cc(Sc2ccccc2)c(C)n1C. The first-order valence-electron chi connectivity index (χ1n) is 6.19. The maximum Gasteiger partial charge on any atom is 0.354 e. The predicted octanol–water partition coefficient (Wildman–Crippen LogP) is 3.66. The highest BCUT2D eigenvalue weighted by atomic mass is 32.2. The lowest BCUT2D eigenvalue weighted by molar-refractivity contribution is 0.0515. The smallest absolute Gasteiger partial charge is 0.354 e. The number of aromatic nitrogens is 1. The lowest BCUT2D eigenvalue weighted by Crippen LogP contribution is -2.10. The van der Waals surface area contributed by atoms with E-state index in [1.807, 2.05) is 49.7 Å². The molecule has 1 aromatic carbocycles. The van der Waals surface area contributed by atoms with Crippen molar-refractivity contribution >= 4 is 17.7 Å². The summed E-state index contributed by atoms with van der Waals surface area (Å²) in [5.74, 6) is -0.270. The fourth-order valence-electron chi connectivity index (χ4n) is 1.79. The van der Waals surface area contributed by atoms with Crippen molar-refractivity contribution in [2.45, 2.75) is 23.6 Å². The average molecular weight is 275 g/mol. The fraction of sp³-hybridized carbons (Fsp3) is 0.267. The third-order valence-electron chi connectivity index (χ3n) is 2.94. The fourth-order valence-corrected chi connectivity index (χ4v) is 2.79. The number of nitrogens with zero attached hydrogens (tertiary/aromatic N) is 1. The summed E-state index contributed by atoms with van der Waals surface area (Å²) in [4.78, 5) is 14.1. The first-order chi connectivity index (χ1) is 9.13. The maximum absolute atomic E-state index is 11.8. The second-order valence-electron chi connectivity index (χ2n) is 4.17. The summed E-state index contributed by atoms with van der Waals surface area (Å²) in [7, 11) is 1.89. The van der Waals surface area contributed by atoms with Gasteiger partial charge in [0, 0.05) is 22.5 Å². The first kappa shape index (κ1) is 13.7. The van der Waals surface area contributed by atoms with Crippen molar-refractivity contribution in [3.63, 3.8) is 0 Å². The number of esters is 1. The molecular weight excluding hydrogens is 258 g/mol. The van der Waals surface area contributed by atoms with E-state index in [0.29, 0.717) is 12.3 Å². The van der Waals surface area contributed by atoms with Crippen molar-refractivity contribution in [3.8, 4) is 0 Å². The van der Waals surface area contributed by atoms with Gasteiger partial charge in [0.15, 0.2) is 0 Å². The lowest BCUT2D eigenvalue weighted by atomic mass is 10.4. The van der Waals surface area contributed by atoms with E-state index in [2.05, 4.69) is 12.1 Å². The number of carbonyl (C=O) groups is 1. The molecule has 0 fully saturated rings. The molecule has 0 amide bonds. The van der Waals surface area contributed by atoms with Crippen LogP contribution in [0.4, 0.5) is 0 Å². The van der Waals surface area contributed by atoms with E-state index in [4.69, 9.17) is 4.74 Å². The van der Waals surface area contributed by atoms with E-state index in [0.717, 1.165) is 15.5 Å². The third kappa shape index (κ3) is 3.01. The van der Waals surface area contributed by atoms with Crippen LogP contribution in [0.1, 0.15) is 23.1 Å². The Bertz CT molecular complexity index is 575. The predicted molar refractivity (Wildman–Crippen MR) is 76.7 cm³/mol. The molecule has 2 rings (SSSR count). The molecule has 4 heteroatoms. The molecule has 0 N–H and O–H groups in total. The van der Waals surface area contributed by atoms with Crippen LogP contribution >= 0.6 is 11.8 Å². The number of hydrogen-bond acceptors (Lipinski definition) is 3. The Hall–Kier alpha value is -1.68. The van der Waals surface area contributed by atoms with Crippen molar-refractivity contribution in [2.75, 3.05) is 6.61 Å². The largest absolute Gasteiger partial charge is 0.461 e. The summed E-state index contributed by atoms with van der Waals surface area (Å²) >= 11 is 1.66. The van der Waals surface area contributed by atoms with Gasteiger partial charge in [-0.25, -0.2) is 4.79 Å². The molecule has 0 saturated heterocycles.